The molecule has 0 atom stereocenters. The molecule has 0 spiro atoms. The van der Waals surface area contributed by atoms with Crippen LogP contribution in [0.25, 0.3) is 6.08 Å². The molecule has 0 saturated carbocycles. The molecule has 1 heterocycles. The zero-order chi connectivity index (χ0) is 16.4. The van der Waals surface area contributed by atoms with Gasteiger partial charge in [0, 0.05) is 4.47 Å². The zero-order valence-electron chi connectivity index (χ0n) is 12.5. The number of thioether (sulfide) groups is 1. The van der Waals surface area contributed by atoms with Crippen LogP contribution in [0.1, 0.15) is 16.7 Å². The van der Waals surface area contributed by atoms with E-state index in [0.717, 1.165) is 32.9 Å². The van der Waals surface area contributed by atoms with E-state index in [1.165, 1.54) is 4.90 Å². The van der Waals surface area contributed by atoms with Crippen molar-refractivity contribution in [3.8, 4) is 0 Å². The van der Waals surface area contributed by atoms with Gasteiger partial charge in [-0.15, -0.1) is 0 Å². The summed E-state index contributed by atoms with van der Waals surface area (Å²) in [5.41, 5.74) is 2.99. The number of imide groups is 1. The molecule has 3 rings (SSSR count). The van der Waals surface area contributed by atoms with E-state index >= 15 is 0 Å². The van der Waals surface area contributed by atoms with E-state index < -0.39 is 0 Å². The van der Waals surface area contributed by atoms with Crippen molar-refractivity contribution in [3.63, 3.8) is 0 Å². The number of aryl methyl sites for hydroxylation is 1. The first-order chi connectivity index (χ1) is 11.0. The molecule has 0 unspecified atom stereocenters. The molecule has 5 heteroatoms. The minimum atomic E-state index is -0.236. The van der Waals surface area contributed by atoms with Gasteiger partial charge in [-0.05, 0) is 48.0 Å². The Balaban J connectivity index is 1.81. The summed E-state index contributed by atoms with van der Waals surface area (Å²) in [7, 11) is 0. The normalized spacial score (nSPS) is 16.4. The van der Waals surface area contributed by atoms with Crippen LogP contribution >= 0.6 is 27.7 Å². The second-order valence-corrected chi connectivity index (χ2v) is 7.22. The van der Waals surface area contributed by atoms with Crippen molar-refractivity contribution >= 4 is 44.9 Å². The Hall–Kier alpha value is -1.85. The van der Waals surface area contributed by atoms with Crippen molar-refractivity contribution in [2.45, 2.75) is 13.5 Å². The molecule has 3 nitrogen and oxygen atoms in total. The number of benzene rings is 2. The van der Waals surface area contributed by atoms with Gasteiger partial charge in [0.15, 0.2) is 0 Å². The van der Waals surface area contributed by atoms with E-state index in [1.807, 2.05) is 55.5 Å². The third kappa shape index (κ3) is 3.74. The van der Waals surface area contributed by atoms with Crippen LogP contribution in [-0.2, 0) is 11.3 Å². The summed E-state index contributed by atoms with van der Waals surface area (Å²) < 4.78 is 0.935. The first kappa shape index (κ1) is 16.0. The Morgan fingerprint density at radius 3 is 2.57 bits per heavy atom. The molecule has 0 bridgehead atoms. The molecule has 2 amide bonds. The molecule has 23 heavy (non-hydrogen) atoms. The summed E-state index contributed by atoms with van der Waals surface area (Å²) in [6.07, 6.45) is 1.75. The van der Waals surface area contributed by atoms with Gasteiger partial charge < -0.3 is 0 Å². The molecular weight excluding hydrogens is 374 g/mol. The summed E-state index contributed by atoms with van der Waals surface area (Å²) in [5, 5.41) is -0.225. The van der Waals surface area contributed by atoms with Gasteiger partial charge in [0.25, 0.3) is 11.1 Å². The van der Waals surface area contributed by atoms with Crippen molar-refractivity contribution in [3.05, 3.63) is 74.6 Å². The van der Waals surface area contributed by atoms with Gasteiger partial charge in [-0.25, -0.2) is 0 Å². The van der Waals surface area contributed by atoms with E-state index in [2.05, 4.69) is 15.9 Å². The number of halogens is 1. The first-order valence-corrected chi connectivity index (χ1v) is 8.70. The predicted octanol–water partition coefficient (Wildman–Crippen LogP) is 4.99. The maximum Gasteiger partial charge on any atom is 0.293 e. The number of nitrogens with zero attached hydrogens (tertiary/aromatic N) is 1. The first-order valence-electron chi connectivity index (χ1n) is 7.09. The standard InChI is InChI=1S/C18H14BrNO2S/c1-12-5-7-13(8-6-12)11-20-17(21)16(23-18(20)22)10-14-3-2-4-15(19)9-14/h2-10H,11H2,1H3/b16-10+. The molecule has 1 fully saturated rings. The van der Waals surface area contributed by atoms with Crippen LogP contribution < -0.4 is 0 Å². The van der Waals surface area contributed by atoms with Crippen LogP contribution in [0.2, 0.25) is 0 Å². The van der Waals surface area contributed by atoms with E-state index in [9.17, 15) is 9.59 Å². The van der Waals surface area contributed by atoms with Crippen molar-refractivity contribution in [2.24, 2.45) is 0 Å². The van der Waals surface area contributed by atoms with Gasteiger partial charge in [0.1, 0.15) is 0 Å². The van der Waals surface area contributed by atoms with E-state index in [0.29, 0.717) is 11.4 Å². The molecule has 1 saturated heterocycles. The quantitative estimate of drug-likeness (QED) is 0.695. The summed E-state index contributed by atoms with van der Waals surface area (Å²) >= 11 is 4.39. The largest absolute Gasteiger partial charge is 0.293 e. The Morgan fingerprint density at radius 2 is 1.87 bits per heavy atom. The zero-order valence-corrected chi connectivity index (χ0v) is 14.9. The molecule has 116 valence electrons. The molecule has 1 aliphatic rings. The van der Waals surface area contributed by atoms with Crippen LogP contribution in [0.3, 0.4) is 0 Å². The summed E-state index contributed by atoms with van der Waals surface area (Å²) in [5.74, 6) is -0.236. The highest BCUT2D eigenvalue weighted by Gasteiger charge is 2.34. The fourth-order valence-electron chi connectivity index (χ4n) is 2.26. The fourth-order valence-corrected chi connectivity index (χ4v) is 3.52. The molecule has 0 N–H and O–H groups in total. The molecule has 0 aromatic heterocycles. The Labute approximate surface area is 147 Å². The van der Waals surface area contributed by atoms with Crippen LogP contribution in [-0.4, -0.2) is 16.0 Å². The minimum absolute atomic E-state index is 0.225. The smallest absolute Gasteiger partial charge is 0.268 e. The number of carbonyl (C=O) groups excluding carboxylic acids is 2. The molecule has 1 aliphatic heterocycles. The molecule has 2 aromatic carbocycles. The Morgan fingerprint density at radius 1 is 1.13 bits per heavy atom. The molecular formula is C18H14BrNO2S. The lowest BCUT2D eigenvalue weighted by Gasteiger charge is -2.12. The molecule has 2 aromatic rings. The number of carbonyl (C=O) groups is 2. The van der Waals surface area contributed by atoms with Crippen LogP contribution in [0.15, 0.2) is 57.9 Å². The second-order valence-electron chi connectivity index (χ2n) is 5.31. The fraction of sp³-hybridized carbons (Fsp3) is 0.111. The van der Waals surface area contributed by atoms with Gasteiger partial charge in [-0.2, -0.15) is 0 Å². The summed E-state index contributed by atoms with van der Waals surface area (Å²) in [6.45, 7) is 2.31. The van der Waals surface area contributed by atoms with Gasteiger partial charge in [-0.3, -0.25) is 14.5 Å². The van der Waals surface area contributed by atoms with E-state index in [-0.39, 0.29) is 11.1 Å². The van der Waals surface area contributed by atoms with Crippen LogP contribution in [0, 0.1) is 6.92 Å². The van der Waals surface area contributed by atoms with Gasteiger partial charge in [0.2, 0.25) is 0 Å². The van der Waals surface area contributed by atoms with Crippen molar-refractivity contribution in [2.75, 3.05) is 0 Å². The third-order valence-corrected chi connectivity index (χ3v) is 4.88. The summed E-state index contributed by atoms with van der Waals surface area (Å²) in [4.78, 5) is 26.4. The number of hydrogen-bond acceptors (Lipinski definition) is 3. The van der Waals surface area contributed by atoms with Gasteiger partial charge in [-0.1, -0.05) is 57.9 Å². The predicted molar refractivity (Wildman–Crippen MR) is 96.8 cm³/mol. The lowest BCUT2D eigenvalue weighted by molar-refractivity contribution is -0.123. The van der Waals surface area contributed by atoms with Crippen molar-refractivity contribution in [1.82, 2.24) is 4.90 Å². The molecule has 0 aliphatic carbocycles. The molecule has 0 radical (unpaired) electrons. The van der Waals surface area contributed by atoms with Crippen molar-refractivity contribution < 1.29 is 9.59 Å². The number of hydrogen-bond donors (Lipinski definition) is 0. The number of rotatable bonds is 3. The van der Waals surface area contributed by atoms with Crippen LogP contribution in [0.5, 0.6) is 0 Å². The van der Waals surface area contributed by atoms with Crippen molar-refractivity contribution in [1.29, 1.82) is 0 Å². The maximum atomic E-state index is 12.5. The second kappa shape index (κ2) is 6.72. The Bertz CT molecular complexity index is 799. The highest BCUT2D eigenvalue weighted by Crippen LogP contribution is 2.33. The van der Waals surface area contributed by atoms with Gasteiger partial charge in [0.05, 0.1) is 11.4 Å². The van der Waals surface area contributed by atoms with Gasteiger partial charge >= 0.3 is 0 Å². The van der Waals surface area contributed by atoms with E-state index in [1.54, 1.807) is 6.08 Å². The lowest BCUT2D eigenvalue weighted by atomic mass is 10.1. The SMILES string of the molecule is Cc1ccc(CN2C(=O)S/C(=C/c3cccc(Br)c3)C2=O)cc1. The highest BCUT2D eigenvalue weighted by molar-refractivity contribution is 9.10. The van der Waals surface area contributed by atoms with E-state index in [4.69, 9.17) is 0 Å². The maximum absolute atomic E-state index is 12.5. The van der Waals surface area contributed by atoms with Crippen LogP contribution in [0.4, 0.5) is 4.79 Å². The monoisotopic (exact) mass is 387 g/mol. The Kier molecular flexibility index (Phi) is 4.68. The highest BCUT2D eigenvalue weighted by atomic mass is 79.9. The average Bonchev–Trinajstić information content (AvgIpc) is 2.77. The summed E-state index contributed by atoms with van der Waals surface area (Å²) in [6, 6.07) is 15.5. The topological polar surface area (TPSA) is 37.4 Å². The number of amides is 2. The lowest BCUT2D eigenvalue weighted by Crippen LogP contribution is -2.27. The minimum Gasteiger partial charge on any atom is -0.268 e. The average molecular weight is 388 g/mol. The third-order valence-electron chi connectivity index (χ3n) is 3.48.